The molecule has 8 heteroatoms. The van der Waals surface area contributed by atoms with Gasteiger partial charge < -0.3 is 10.6 Å². The molecule has 0 aliphatic carbocycles. The van der Waals surface area contributed by atoms with Gasteiger partial charge in [-0.2, -0.15) is 5.10 Å². The lowest BCUT2D eigenvalue weighted by Gasteiger charge is -2.22. The minimum atomic E-state index is -0.0518. The Labute approximate surface area is 189 Å². The minimum Gasteiger partial charge on any atom is -0.352 e. The van der Waals surface area contributed by atoms with Crippen LogP contribution in [0, 0.1) is 5.92 Å². The molecule has 30 heavy (non-hydrogen) atoms. The van der Waals surface area contributed by atoms with Gasteiger partial charge in [0, 0.05) is 18.7 Å². The molecule has 4 rings (SSSR count). The first-order chi connectivity index (χ1) is 13.8. The first kappa shape index (κ1) is 24.1. The van der Waals surface area contributed by atoms with Gasteiger partial charge in [0.2, 0.25) is 0 Å². The molecule has 1 aliphatic heterocycles. The van der Waals surface area contributed by atoms with E-state index in [0.717, 1.165) is 41.8 Å². The molecule has 3 heterocycles. The minimum absolute atomic E-state index is 0. The van der Waals surface area contributed by atoms with Crippen LogP contribution in [-0.4, -0.2) is 40.3 Å². The van der Waals surface area contributed by atoms with E-state index >= 15 is 0 Å². The number of nitrogens with one attached hydrogen (secondary N) is 2. The summed E-state index contributed by atoms with van der Waals surface area (Å²) in [5, 5.41) is 11.8. The largest absolute Gasteiger partial charge is 0.352 e. The number of amides is 1. The van der Waals surface area contributed by atoms with Crippen molar-refractivity contribution in [3.8, 4) is 11.3 Å². The Bertz CT molecular complexity index is 955. The highest BCUT2D eigenvalue weighted by Gasteiger charge is 2.18. The third kappa shape index (κ3) is 5.31. The molecule has 0 radical (unpaired) electrons. The van der Waals surface area contributed by atoms with E-state index in [0.29, 0.717) is 24.6 Å². The third-order valence-electron chi connectivity index (χ3n) is 5.46. The smallest absolute Gasteiger partial charge is 0.252 e. The number of carbonyl (C=O) groups excluding carboxylic acids is 1. The Balaban J connectivity index is 0.00000160. The first-order valence-electron chi connectivity index (χ1n) is 10.2. The maximum atomic E-state index is 13.0. The summed E-state index contributed by atoms with van der Waals surface area (Å²) in [5.41, 5.74) is 3.19. The van der Waals surface area contributed by atoms with Crippen LogP contribution in [0.5, 0.6) is 0 Å². The molecule has 2 N–H and O–H groups in total. The molecule has 0 saturated carbocycles. The van der Waals surface area contributed by atoms with Gasteiger partial charge in [-0.3, -0.25) is 4.79 Å². The lowest BCUT2D eigenvalue weighted by molar-refractivity contribution is 0.0952. The summed E-state index contributed by atoms with van der Waals surface area (Å²) in [6, 6.07) is 11.9. The van der Waals surface area contributed by atoms with E-state index in [2.05, 4.69) is 15.7 Å². The second-order valence-corrected chi connectivity index (χ2v) is 7.38. The zero-order valence-electron chi connectivity index (χ0n) is 17.1. The van der Waals surface area contributed by atoms with Gasteiger partial charge >= 0.3 is 0 Å². The fraction of sp³-hybridized carbons (Fsp3) is 0.409. The van der Waals surface area contributed by atoms with E-state index in [4.69, 9.17) is 4.98 Å². The lowest BCUT2D eigenvalue weighted by Crippen LogP contribution is -2.33. The van der Waals surface area contributed by atoms with Gasteiger partial charge in [-0.15, -0.1) is 24.8 Å². The number of nitrogens with zero attached hydrogens (tertiary/aromatic N) is 3. The van der Waals surface area contributed by atoms with Crippen molar-refractivity contribution in [3.05, 3.63) is 48.2 Å². The zero-order chi connectivity index (χ0) is 19.3. The average Bonchev–Trinajstić information content (AvgIpc) is 3.17. The van der Waals surface area contributed by atoms with Crippen molar-refractivity contribution in [1.82, 2.24) is 25.4 Å². The summed E-state index contributed by atoms with van der Waals surface area (Å²) < 4.78 is 1.84. The van der Waals surface area contributed by atoms with Gasteiger partial charge in [0.05, 0.1) is 22.8 Å². The molecule has 1 aliphatic rings. The Morgan fingerprint density at radius 2 is 2.07 bits per heavy atom. The average molecular weight is 450 g/mol. The van der Waals surface area contributed by atoms with Crippen LogP contribution in [0.3, 0.4) is 0 Å². The van der Waals surface area contributed by atoms with E-state index < -0.39 is 0 Å². The fourth-order valence-electron chi connectivity index (χ4n) is 3.88. The van der Waals surface area contributed by atoms with Crippen molar-refractivity contribution in [2.75, 3.05) is 19.6 Å². The quantitative estimate of drug-likeness (QED) is 0.594. The molecular weight excluding hydrogens is 421 g/mol. The Kier molecular flexibility index (Phi) is 9.08. The number of aromatic nitrogens is 3. The fourth-order valence-corrected chi connectivity index (χ4v) is 3.88. The number of benzene rings is 1. The monoisotopic (exact) mass is 449 g/mol. The summed E-state index contributed by atoms with van der Waals surface area (Å²) in [4.78, 5) is 17.8. The van der Waals surface area contributed by atoms with E-state index in [1.54, 1.807) is 6.20 Å². The van der Waals surface area contributed by atoms with E-state index in [-0.39, 0.29) is 30.7 Å². The molecule has 3 aromatic rings. The van der Waals surface area contributed by atoms with E-state index in [1.807, 2.05) is 48.0 Å². The molecule has 0 spiro atoms. The molecule has 1 atom stereocenters. The number of fused-ring (bicyclic) bond motifs is 1. The summed E-state index contributed by atoms with van der Waals surface area (Å²) in [6.45, 7) is 5.60. The van der Waals surface area contributed by atoms with Crippen molar-refractivity contribution in [1.29, 1.82) is 0 Å². The molecule has 1 saturated heterocycles. The topological polar surface area (TPSA) is 71.8 Å². The predicted molar refractivity (Wildman–Crippen MR) is 126 cm³/mol. The van der Waals surface area contributed by atoms with E-state index in [9.17, 15) is 4.79 Å². The number of pyridine rings is 1. The highest BCUT2D eigenvalue weighted by Crippen LogP contribution is 2.25. The summed E-state index contributed by atoms with van der Waals surface area (Å²) in [7, 11) is 0. The maximum absolute atomic E-state index is 13.0. The second kappa shape index (κ2) is 11.3. The molecule has 1 aromatic carbocycles. The van der Waals surface area contributed by atoms with E-state index in [1.165, 1.54) is 12.8 Å². The molecule has 0 bridgehead atoms. The van der Waals surface area contributed by atoms with Crippen molar-refractivity contribution in [3.63, 3.8) is 0 Å². The maximum Gasteiger partial charge on any atom is 0.252 e. The van der Waals surface area contributed by atoms with Crippen LogP contribution in [0.15, 0.2) is 42.6 Å². The Hall–Kier alpha value is -2.15. The Morgan fingerprint density at radius 1 is 1.27 bits per heavy atom. The molecule has 1 amide bonds. The lowest BCUT2D eigenvalue weighted by atomic mass is 9.96. The van der Waals surface area contributed by atoms with Crippen LogP contribution in [0.2, 0.25) is 0 Å². The number of hydrogen-bond donors (Lipinski definition) is 2. The summed E-state index contributed by atoms with van der Waals surface area (Å²) in [5.74, 6) is 0.596. The van der Waals surface area contributed by atoms with Crippen LogP contribution in [0.4, 0.5) is 0 Å². The van der Waals surface area contributed by atoms with Gasteiger partial charge in [-0.05, 0) is 51.3 Å². The summed E-state index contributed by atoms with van der Waals surface area (Å²) >= 11 is 0. The molecule has 1 fully saturated rings. The number of halogens is 2. The first-order valence-corrected chi connectivity index (χ1v) is 10.2. The van der Waals surface area contributed by atoms with Crippen LogP contribution >= 0.6 is 24.8 Å². The van der Waals surface area contributed by atoms with Crippen molar-refractivity contribution in [2.24, 2.45) is 5.92 Å². The van der Waals surface area contributed by atoms with Crippen molar-refractivity contribution < 1.29 is 4.79 Å². The van der Waals surface area contributed by atoms with Gasteiger partial charge in [0.1, 0.15) is 0 Å². The van der Waals surface area contributed by atoms with Gasteiger partial charge in [-0.25, -0.2) is 9.67 Å². The van der Waals surface area contributed by atoms with Crippen molar-refractivity contribution >= 4 is 41.8 Å². The SMILES string of the molecule is CCn1ncc2c(C(=O)NCCC3CCCNC3)cc(-c3ccccc3)nc21.Cl.Cl. The second-order valence-electron chi connectivity index (χ2n) is 7.38. The number of piperidine rings is 1. The number of hydrogen-bond acceptors (Lipinski definition) is 4. The van der Waals surface area contributed by atoms with Crippen LogP contribution in [0.25, 0.3) is 22.3 Å². The van der Waals surface area contributed by atoms with Crippen molar-refractivity contribution in [2.45, 2.75) is 32.7 Å². The highest BCUT2D eigenvalue weighted by atomic mass is 35.5. The van der Waals surface area contributed by atoms with Crippen LogP contribution < -0.4 is 10.6 Å². The Morgan fingerprint density at radius 3 is 2.77 bits per heavy atom. The molecule has 162 valence electrons. The van der Waals surface area contributed by atoms with Crippen LogP contribution in [0.1, 0.15) is 36.5 Å². The third-order valence-corrected chi connectivity index (χ3v) is 5.46. The molecular formula is C22H29Cl2N5O. The standard InChI is InChI=1S/C22H27N5O.2ClH/c1-2-27-21-19(15-25-27)18(13-20(26-21)17-8-4-3-5-9-17)22(28)24-12-10-16-7-6-11-23-14-16;;/h3-5,8-9,13,15-16,23H,2,6-7,10-12,14H2,1H3,(H,24,28);2*1H. The number of aryl methyl sites for hydroxylation is 1. The normalized spacial score (nSPS) is 15.8. The molecule has 2 aromatic heterocycles. The summed E-state index contributed by atoms with van der Waals surface area (Å²) in [6.07, 6.45) is 5.22. The van der Waals surface area contributed by atoms with Gasteiger partial charge in [0.25, 0.3) is 5.91 Å². The number of carbonyl (C=O) groups is 1. The van der Waals surface area contributed by atoms with Gasteiger partial charge in [0.15, 0.2) is 5.65 Å². The molecule has 1 unspecified atom stereocenters. The van der Waals surface area contributed by atoms with Gasteiger partial charge in [-0.1, -0.05) is 30.3 Å². The number of rotatable bonds is 6. The van der Waals surface area contributed by atoms with Crippen LogP contribution in [-0.2, 0) is 6.54 Å². The predicted octanol–water partition coefficient (Wildman–Crippen LogP) is 4.08. The molecule has 6 nitrogen and oxygen atoms in total. The zero-order valence-corrected chi connectivity index (χ0v) is 18.8. The highest BCUT2D eigenvalue weighted by molar-refractivity contribution is 6.06.